The van der Waals surface area contributed by atoms with Crippen LogP contribution in [0.5, 0.6) is 0 Å². The van der Waals surface area contributed by atoms with Crippen molar-refractivity contribution in [3.05, 3.63) is 23.4 Å². The molecule has 156 valence electrons. The zero-order chi connectivity index (χ0) is 20.5. The van der Waals surface area contributed by atoms with E-state index in [9.17, 15) is 17.8 Å². The summed E-state index contributed by atoms with van der Waals surface area (Å²) in [5.41, 5.74) is 0.841. The second kappa shape index (κ2) is 7.99. The lowest BCUT2D eigenvalue weighted by molar-refractivity contribution is 0.00821. The van der Waals surface area contributed by atoms with Crippen LogP contribution in [-0.2, 0) is 27.8 Å². The summed E-state index contributed by atoms with van der Waals surface area (Å²) >= 11 is 0. The number of amides is 1. The van der Waals surface area contributed by atoms with Gasteiger partial charge in [-0.05, 0) is 44.7 Å². The first kappa shape index (κ1) is 21.0. The van der Waals surface area contributed by atoms with Crippen molar-refractivity contribution in [1.82, 2.24) is 9.88 Å². The highest BCUT2D eigenvalue weighted by molar-refractivity contribution is 7.85. The zero-order valence-electron chi connectivity index (χ0n) is 16.8. The molecule has 1 saturated carbocycles. The molecular formula is C20H30N2O5S. The van der Waals surface area contributed by atoms with E-state index in [1.807, 2.05) is 20.8 Å². The van der Waals surface area contributed by atoms with Gasteiger partial charge >= 0.3 is 16.2 Å². The van der Waals surface area contributed by atoms with Crippen molar-refractivity contribution in [2.75, 3.05) is 0 Å². The van der Waals surface area contributed by atoms with Crippen LogP contribution in [0.4, 0.5) is 4.79 Å². The van der Waals surface area contributed by atoms with Crippen LogP contribution in [0.1, 0.15) is 70.6 Å². The molecule has 28 heavy (non-hydrogen) atoms. The SMILES string of the molecule is CC(C)(C)OC(=O)N1Cc2ccc(S(=O)(=O)O)nc2CC1CC1CCCCC1. The van der Waals surface area contributed by atoms with Gasteiger partial charge in [-0.1, -0.05) is 38.2 Å². The van der Waals surface area contributed by atoms with Gasteiger partial charge in [0.1, 0.15) is 5.60 Å². The van der Waals surface area contributed by atoms with Crippen molar-refractivity contribution in [2.24, 2.45) is 5.92 Å². The lowest BCUT2D eigenvalue weighted by atomic mass is 9.82. The van der Waals surface area contributed by atoms with Crippen LogP contribution in [0.3, 0.4) is 0 Å². The Morgan fingerprint density at radius 3 is 2.54 bits per heavy atom. The number of carbonyl (C=O) groups excluding carboxylic acids is 1. The van der Waals surface area contributed by atoms with Crippen molar-refractivity contribution in [3.8, 4) is 0 Å². The molecule has 0 spiro atoms. The molecule has 0 saturated heterocycles. The van der Waals surface area contributed by atoms with Crippen LogP contribution >= 0.6 is 0 Å². The summed E-state index contributed by atoms with van der Waals surface area (Å²) in [6.07, 6.45) is 6.98. The largest absolute Gasteiger partial charge is 0.444 e. The van der Waals surface area contributed by atoms with Crippen LogP contribution in [0.15, 0.2) is 17.2 Å². The lowest BCUT2D eigenvalue weighted by Crippen LogP contribution is -2.47. The maximum absolute atomic E-state index is 12.8. The van der Waals surface area contributed by atoms with Gasteiger partial charge in [0.15, 0.2) is 5.03 Å². The predicted octanol–water partition coefficient (Wildman–Crippen LogP) is 3.96. The van der Waals surface area contributed by atoms with Gasteiger partial charge in [0.2, 0.25) is 0 Å². The molecule has 1 atom stereocenters. The highest BCUT2D eigenvalue weighted by Crippen LogP contribution is 2.33. The standard InChI is InChI=1S/C20H30N2O5S/c1-20(2,3)27-19(23)22-13-15-9-10-18(28(24,25)26)21-17(15)12-16(22)11-14-7-5-4-6-8-14/h9-10,14,16H,4-8,11-13H2,1-3H3,(H,24,25,26). The molecule has 1 fully saturated rings. The Balaban J connectivity index is 1.87. The fraction of sp³-hybridized carbons (Fsp3) is 0.700. The fourth-order valence-corrected chi connectivity index (χ4v) is 4.64. The number of rotatable bonds is 3. The van der Waals surface area contributed by atoms with Gasteiger partial charge in [0.05, 0.1) is 6.54 Å². The molecule has 1 aromatic heterocycles. The maximum atomic E-state index is 12.8. The molecule has 2 aliphatic rings. The number of hydrogen-bond acceptors (Lipinski definition) is 5. The van der Waals surface area contributed by atoms with E-state index in [-0.39, 0.29) is 17.2 Å². The smallest absolute Gasteiger partial charge is 0.410 e. The van der Waals surface area contributed by atoms with Gasteiger partial charge in [-0.25, -0.2) is 9.78 Å². The number of hydrogen-bond donors (Lipinski definition) is 1. The first-order valence-corrected chi connectivity index (χ1v) is 11.4. The molecule has 1 aliphatic heterocycles. The summed E-state index contributed by atoms with van der Waals surface area (Å²) in [6.45, 7) is 5.87. The van der Waals surface area contributed by atoms with Gasteiger partial charge in [0, 0.05) is 18.2 Å². The van der Waals surface area contributed by atoms with Gasteiger partial charge in [-0.3, -0.25) is 4.55 Å². The summed E-state index contributed by atoms with van der Waals surface area (Å²) in [7, 11) is -4.35. The highest BCUT2D eigenvalue weighted by Gasteiger charge is 2.35. The average molecular weight is 411 g/mol. The molecule has 7 nitrogen and oxygen atoms in total. The van der Waals surface area contributed by atoms with E-state index in [4.69, 9.17) is 4.74 Å². The highest BCUT2D eigenvalue weighted by atomic mass is 32.2. The monoisotopic (exact) mass is 410 g/mol. The molecule has 2 heterocycles. The Kier molecular flexibility index (Phi) is 6.00. The van der Waals surface area contributed by atoms with Crippen LogP contribution in [0, 0.1) is 5.92 Å². The van der Waals surface area contributed by atoms with Gasteiger partial charge in [0.25, 0.3) is 0 Å². The topological polar surface area (TPSA) is 96.8 Å². The minimum atomic E-state index is -4.35. The molecular weight excluding hydrogens is 380 g/mol. The molecule has 1 N–H and O–H groups in total. The van der Waals surface area contributed by atoms with Gasteiger partial charge in [-0.2, -0.15) is 8.42 Å². The summed E-state index contributed by atoms with van der Waals surface area (Å²) < 4.78 is 37.8. The third kappa shape index (κ3) is 5.23. The second-order valence-corrected chi connectivity index (χ2v) is 10.3. The Morgan fingerprint density at radius 2 is 1.93 bits per heavy atom. The second-order valence-electron chi connectivity index (χ2n) is 8.94. The van der Waals surface area contributed by atoms with Crippen molar-refractivity contribution >= 4 is 16.2 Å². The lowest BCUT2D eigenvalue weighted by Gasteiger charge is -2.39. The predicted molar refractivity (Wildman–Crippen MR) is 105 cm³/mol. The summed E-state index contributed by atoms with van der Waals surface area (Å²) in [6, 6.07) is 2.82. The van der Waals surface area contributed by atoms with E-state index in [1.165, 1.54) is 25.3 Å². The van der Waals surface area contributed by atoms with Crippen molar-refractivity contribution in [3.63, 3.8) is 0 Å². The average Bonchev–Trinajstić information content (AvgIpc) is 2.59. The minimum absolute atomic E-state index is 0.0883. The number of ether oxygens (including phenoxy) is 1. The first-order valence-electron chi connectivity index (χ1n) is 9.99. The normalized spacial score (nSPS) is 21.3. The molecule has 0 aromatic carbocycles. The van der Waals surface area contributed by atoms with Gasteiger partial charge < -0.3 is 9.64 Å². The van der Waals surface area contributed by atoms with Crippen molar-refractivity contribution in [1.29, 1.82) is 0 Å². The minimum Gasteiger partial charge on any atom is -0.444 e. The van der Waals surface area contributed by atoms with E-state index < -0.39 is 15.7 Å². The molecule has 3 rings (SSSR count). The molecule has 8 heteroatoms. The third-order valence-corrected chi connectivity index (χ3v) is 6.23. The fourth-order valence-electron chi connectivity index (χ4n) is 4.17. The van der Waals surface area contributed by atoms with E-state index in [0.717, 1.165) is 24.8 Å². The van der Waals surface area contributed by atoms with E-state index in [1.54, 1.807) is 11.0 Å². The van der Waals surface area contributed by atoms with Crippen LogP contribution in [-0.4, -0.2) is 40.6 Å². The Morgan fingerprint density at radius 1 is 1.25 bits per heavy atom. The van der Waals surface area contributed by atoms with Crippen LogP contribution in [0.2, 0.25) is 0 Å². The number of fused-ring (bicyclic) bond motifs is 1. The molecule has 0 radical (unpaired) electrons. The third-order valence-electron chi connectivity index (χ3n) is 5.48. The quantitative estimate of drug-likeness (QED) is 0.758. The molecule has 1 amide bonds. The van der Waals surface area contributed by atoms with E-state index in [0.29, 0.717) is 24.6 Å². The Hall–Kier alpha value is -1.67. The summed E-state index contributed by atoms with van der Waals surface area (Å²) in [5, 5.41) is -0.339. The molecule has 1 unspecified atom stereocenters. The summed E-state index contributed by atoms with van der Waals surface area (Å²) in [4.78, 5) is 18.8. The number of nitrogens with zero attached hydrogens (tertiary/aromatic N) is 2. The number of aromatic nitrogens is 1. The maximum Gasteiger partial charge on any atom is 0.410 e. The van der Waals surface area contributed by atoms with Gasteiger partial charge in [-0.15, -0.1) is 0 Å². The molecule has 1 aliphatic carbocycles. The zero-order valence-corrected chi connectivity index (χ0v) is 17.7. The van der Waals surface area contributed by atoms with E-state index in [2.05, 4.69) is 4.98 Å². The molecule has 0 bridgehead atoms. The van der Waals surface area contributed by atoms with Crippen LogP contribution in [0.25, 0.3) is 0 Å². The van der Waals surface area contributed by atoms with Crippen molar-refractivity contribution in [2.45, 2.75) is 88.9 Å². The van der Waals surface area contributed by atoms with Crippen molar-refractivity contribution < 1.29 is 22.5 Å². The Labute approximate surface area is 167 Å². The number of carbonyl (C=O) groups is 1. The molecule has 1 aromatic rings. The van der Waals surface area contributed by atoms with Crippen LogP contribution < -0.4 is 0 Å². The first-order chi connectivity index (χ1) is 13.0. The van der Waals surface area contributed by atoms with E-state index >= 15 is 0 Å². The Bertz CT molecular complexity index is 825. The number of pyridine rings is 1. The summed E-state index contributed by atoms with van der Waals surface area (Å²) in [5.74, 6) is 0.551.